The summed E-state index contributed by atoms with van der Waals surface area (Å²) in [4.78, 5) is 26.8. The van der Waals surface area contributed by atoms with Crippen LogP contribution >= 0.6 is 0 Å². The van der Waals surface area contributed by atoms with E-state index in [1.165, 1.54) is 7.11 Å². The maximum atomic E-state index is 11.7. The largest absolute Gasteiger partial charge is 0.375 e. The van der Waals surface area contributed by atoms with Crippen molar-refractivity contribution in [2.75, 3.05) is 46.4 Å². The monoisotopic (exact) mass is 243 g/mol. The Morgan fingerprint density at radius 3 is 2.12 bits per heavy atom. The van der Waals surface area contributed by atoms with Gasteiger partial charge in [-0.25, -0.2) is 0 Å². The number of ether oxygens (including phenoxy) is 1. The third-order valence-corrected chi connectivity index (χ3v) is 2.85. The Balaban J connectivity index is 2.30. The molecule has 0 atom stereocenters. The van der Waals surface area contributed by atoms with Gasteiger partial charge in [0.25, 0.3) is 0 Å². The van der Waals surface area contributed by atoms with Crippen molar-refractivity contribution < 1.29 is 14.3 Å². The number of hydrogen-bond acceptors (Lipinski definition) is 4. The average molecular weight is 243 g/mol. The second-order valence-electron chi connectivity index (χ2n) is 4.09. The lowest BCUT2D eigenvalue weighted by Gasteiger charge is -2.34. The van der Waals surface area contributed by atoms with Crippen LogP contribution in [-0.2, 0) is 14.3 Å². The van der Waals surface area contributed by atoms with Crippen molar-refractivity contribution in [2.24, 2.45) is 5.73 Å². The molecule has 0 spiro atoms. The SMILES string of the molecule is COCC(=O)N1CCN(C(=O)CCCN)CC1. The van der Waals surface area contributed by atoms with Gasteiger partial charge in [-0.05, 0) is 13.0 Å². The minimum atomic E-state index is -0.0124. The number of methoxy groups -OCH3 is 1. The molecule has 6 nitrogen and oxygen atoms in total. The summed E-state index contributed by atoms with van der Waals surface area (Å²) in [5.41, 5.74) is 5.36. The van der Waals surface area contributed by atoms with E-state index in [1.807, 2.05) is 0 Å². The van der Waals surface area contributed by atoms with Crippen LogP contribution in [0.2, 0.25) is 0 Å². The Morgan fingerprint density at radius 1 is 1.12 bits per heavy atom. The van der Waals surface area contributed by atoms with E-state index in [9.17, 15) is 9.59 Å². The van der Waals surface area contributed by atoms with Crippen LogP contribution in [0.3, 0.4) is 0 Å². The normalized spacial score (nSPS) is 16.1. The maximum absolute atomic E-state index is 11.7. The highest BCUT2D eigenvalue weighted by Crippen LogP contribution is 2.05. The summed E-state index contributed by atoms with van der Waals surface area (Å²) in [6.45, 7) is 3.06. The fraction of sp³-hybridized carbons (Fsp3) is 0.818. The third-order valence-electron chi connectivity index (χ3n) is 2.85. The van der Waals surface area contributed by atoms with Gasteiger partial charge in [0.05, 0.1) is 0 Å². The van der Waals surface area contributed by atoms with Crippen LogP contribution in [0.25, 0.3) is 0 Å². The predicted octanol–water partition coefficient (Wildman–Crippen LogP) is -0.957. The molecule has 6 heteroatoms. The van der Waals surface area contributed by atoms with Crippen molar-refractivity contribution in [3.8, 4) is 0 Å². The van der Waals surface area contributed by atoms with Gasteiger partial charge >= 0.3 is 0 Å². The van der Waals surface area contributed by atoms with Gasteiger partial charge in [-0.15, -0.1) is 0 Å². The van der Waals surface area contributed by atoms with Crippen molar-refractivity contribution in [3.63, 3.8) is 0 Å². The van der Waals surface area contributed by atoms with E-state index in [2.05, 4.69) is 0 Å². The van der Waals surface area contributed by atoms with Gasteiger partial charge in [-0.1, -0.05) is 0 Å². The van der Waals surface area contributed by atoms with Gasteiger partial charge in [0, 0.05) is 39.7 Å². The molecule has 2 amide bonds. The molecule has 0 aromatic rings. The fourth-order valence-electron chi connectivity index (χ4n) is 1.83. The van der Waals surface area contributed by atoms with Gasteiger partial charge in [0.15, 0.2) is 0 Å². The first kappa shape index (κ1) is 13.9. The fourth-order valence-corrected chi connectivity index (χ4v) is 1.83. The lowest BCUT2D eigenvalue weighted by atomic mass is 10.2. The van der Waals surface area contributed by atoms with Gasteiger partial charge in [-0.3, -0.25) is 9.59 Å². The van der Waals surface area contributed by atoms with Crippen molar-refractivity contribution in [2.45, 2.75) is 12.8 Å². The number of piperazine rings is 1. The van der Waals surface area contributed by atoms with E-state index in [0.29, 0.717) is 39.1 Å². The summed E-state index contributed by atoms with van der Waals surface area (Å²) in [6.07, 6.45) is 1.23. The number of nitrogens with zero attached hydrogens (tertiary/aromatic N) is 2. The minimum Gasteiger partial charge on any atom is -0.375 e. The van der Waals surface area contributed by atoms with Crippen molar-refractivity contribution >= 4 is 11.8 Å². The Labute approximate surface area is 102 Å². The molecule has 98 valence electrons. The van der Waals surface area contributed by atoms with Crippen LogP contribution in [0, 0.1) is 0 Å². The number of carbonyl (C=O) groups is 2. The highest BCUT2D eigenvalue weighted by atomic mass is 16.5. The van der Waals surface area contributed by atoms with E-state index in [-0.39, 0.29) is 18.4 Å². The molecule has 0 bridgehead atoms. The van der Waals surface area contributed by atoms with E-state index >= 15 is 0 Å². The molecule has 1 aliphatic heterocycles. The first-order chi connectivity index (χ1) is 8.19. The van der Waals surface area contributed by atoms with E-state index in [0.717, 1.165) is 6.42 Å². The molecule has 0 aromatic heterocycles. The third kappa shape index (κ3) is 4.32. The molecule has 1 rings (SSSR count). The van der Waals surface area contributed by atoms with Crippen LogP contribution in [0.5, 0.6) is 0 Å². The molecular formula is C11H21N3O3. The highest BCUT2D eigenvalue weighted by molar-refractivity contribution is 5.79. The van der Waals surface area contributed by atoms with Crippen LogP contribution in [0.15, 0.2) is 0 Å². The van der Waals surface area contributed by atoms with Gasteiger partial charge < -0.3 is 20.3 Å². The van der Waals surface area contributed by atoms with Crippen molar-refractivity contribution in [1.82, 2.24) is 9.80 Å². The number of hydrogen-bond donors (Lipinski definition) is 1. The Hall–Kier alpha value is -1.14. The lowest BCUT2D eigenvalue weighted by Crippen LogP contribution is -2.51. The summed E-state index contributed by atoms with van der Waals surface area (Å²) >= 11 is 0. The van der Waals surface area contributed by atoms with E-state index in [1.54, 1.807) is 9.80 Å². The first-order valence-electron chi connectivity index (χ1n) is 5.93. The van der Waals surface area contributed by atoms with E-state index in [4.69, 9.17) is 10.5 Å². The molecule has 1 heterocycles. The maximum Gasteiger partial charge on any atom is 0.248 e. The summed E-state index contributed by atoms with van der Waals surface area (Å²) in [5.74, 6) is 0.121. The zero-order valence-electron chi connectivity index (χ0n) is 10.4. The van der Waals surface area contributed by atoms with Gasteiger partial charge in [0.2, 0.25) is 11.8 Å². The van der Waals surface area contributed by atoms with Crippen molar-refractivity contribution in [3.05, 3.63) is 0 Å². The summed E-state index contributed by atoms with van der Waals surface area (Å²) in [6, 6.07) is 0. The molecule has 1 aliphatic rings. The number of rotatable bonds is 5. The lowest BCUT2D eigenvalue weighted by molar-refractivity contribution is -0.141. The quantitative estimate of drug-likeness (QED) is 0.675. The molecule has 2 N–H and O–H groups in total. The Bertz CT molecular complexity index is 263. The van der Waals surface area contributed by atoms with Gasteiger partial charge in [0.1, 0.15) is 6.61 Å². The molecule has 0 radical (unpaired) electrons. The molecular weight excluding hydrogens is 222 g/mol. The summed E-state index contributed by atoms with van der Waals surface area (Å²) < 4.78 is 4.80. The molecule has 0 saturated carbocycles. The second-order valence-corrected chi connectivity index (χ2v) is 4.09. The molecule has 0 unspecified atom stereocenters. The van der Waals surface area contributed by atoms with Crippen LogP contribution < -0.4 is 5.73 Å². The van der Waals surface area contributed by atoms with Gasteiger partial charge in [-0.2, -0.15) is 0 Å². The molecule has 1 saturated heterocycles. The Kier molecular flexibility index (Phi) is 5.93. The topological polar surface area (TPSA) is 75.9 Å². The zero-order chi connectivity index (χ0) is 12.7. The second kappa shape index (κ2) is 7.24. The van der Waals surface area contributed by atoms with Crippen molar-refractivity contribution in [1.29, 1.82) is 0 Å². The number of nitrogens with two attached hydrogens (primary N) is 1. The van der Waals surface area contributed by atoms with E-state index < -0.39 is 0 Å². The zero-order valence-corrected chi connectivity index (χ0v) is 10.4. The summed E-state index contributed by atoms with van der Waals surface area (Å²) in [5, 5.41) is 0. The van der Waals surface area contributed by atoms with Crippen LogP contribution in [-0.4, -0.2) is 68.1 Å². The minimum absolute atomic E-state index is 0.0124. The number of carbonyl (C=O) groups excluding carboxylic acids is 2. The van der Waals surface area contributed by atoms with Crippen LogP contribution in [0.1, 0.15) is 12.8 Å². The molecule has 0 aromatic carbocycles. The number of amides is 2. The Morgan fingerprint density at radius 2 is 1.65 bits per heavy atom. The average Bonchev–Trinajstić information content (AvgIpc) is 2.36. The smallest absolute Gasteiger partial charge is 0.248 e. The standard InChI is InChI=1S/C11H21N3O3/c1-17-9-11(16)14-7-5-13(6-8-14)10(15)3-2-4-12/h2-9,12H2,1H3. The molecule has 17 heavy (non-hydrogen) atoms. The van der Waals surface area contributed by atoms with Crippen LogP contribution in [0.4, 0.5) is 0 Å². The molecule has 1 fully saturated rings. The first-order valence-corrected chi connectivity index (χ1v) is 5.93. The predicted molar refractivity (Wildman–Crippen MR) is 63.3 cm³/mol. The highest BCUT2D eigenvalue weighted by Gasteiger charge is 2.23. The summed E-state index contributed by atoms with van der Waals surface area (Å²) in [7, 11) is 1.50. The molecule has 0 aliphatic carbocycles.